The Morgan fingerprint density at radius 3 is 3.25 bits per heavy atom. The van der Waals surface area contributed by atoms with Gasteiger partial charge in [0.05, 0.1) is 6.10 Å². The van der Waals surface area contributed by atoms with Crippen LogP contribution >= 0.6 is 0 Å². The zero-order chi connectivity index (χ0) is 11.2. The number of hydrogen-bond acceptors (Lipinski definition) is 4. The van der Waals surface area contributed by atoms with E-state index < -0.39 is 0 Å². The van der Waals surface area contributed by atoms with Crippen molar-refractivity contribution in [1.29, 1.82) is 5.26 Å². The number of ether oxygens (including phenoxy) is 2. The van der Waals surface area contributed by atoms with Gasteiger partial charge in [-0.25, -0.2) is 4.98 Å². The van der Waals surface area contributed by atoms with E-state index in [0.29, 0.717) is 18.1 Å². The van der Waals surface area contributed by atoms with Crippen LogP contribution in [0.25, 0.3) is 0 Å². The minimum Gasteiger partial charge on any atom is -0.474 e. The zero-order valence-electron chi connectivity index (χ0n) is 9.06. The number of pyridine rings is 1. The molecule has 84 valence electrons. The largest absolute Gasteiger partial charge is 0.474 e. The molecule has 2 rings (SSSR count). The molecule has 0 saturated carbocycles. The van der Waals surface area contributed by atoms with Crippen LogP contribution in [0.15, 0.2) is 18.3 Å². The van der Waals surface area contributed by atoms with Gasteiger partial charge in [0.2, 0.25) is 5.88 Å². The smallest absolute Gasteiger partial charge is 0.231 e. The fourth-order valence-electron chi connectivity index (χ4n) is 1.70. The molecule has 0 N–H and O–H groups in total. The van der Waals surface area contributed by atoms with Crippen molar-refractivity contribution >= 4 is 0 Å². The van der Waals surface area contributed by atoms with Crippen molar-refractivity contribution in [2.24, 2.45) is 0 Å². The molecule has 2 heterocycles. The normalized spacial score (nSPS) is 20.1. The lowest BCUT2D eigenvalue weighted by Gasteiger charge is -2.22. The predicted molar refractivity (Wildman–Crippen MR) is 58.0 cm³/mol. The van der Waals surface area contributed by atoms with Crippen molar-refractivity contribution in [1.82, 2.24) is 4.98 Å². The predicted octanol–water partition coefficient (Wildman–Crippen LogP) is 1.90. The molecule has 0 spiro atoms. The summed E-state index contributed by atoms with van der Waals surface area (Å²) in [6.07, 6.45) is 5.10. The third kappa shape index (κ3) is 2.71. The monoisotopic (exact) mass is 218 g/mol. The van der Waals surface area contributed by atoms with Gasteiger partial charge in [-0.05, 0) is 31.4 Å². The molecule has 1 aliphatic rings. The van der Waals surface area contributed by atoms with E-state index in [1.54, 1.807) is 18.3 Å². The lowest BCUT2D eigenvalue weighted by molar-refractivity contribution is -0.0120. The van der Waals surface area contributed by atoms with Crippen molar-refractivity contribution in [2.45, 2.75) is 25.4 Å². The molecule has 0 aliphatic carbocycles. The average molecular weight is 218 g/mol. The highest BCUT2D eigenvalue weighted by Crippen LogP contribution is 2.16. The van der Waals surface area contributed by atoms with Crippen LogP contribution < -0.4 is 4.74 Å². The van der Waals surface area contributed by atoms with Crippen LogP contribution in [0.4, 0.5) is 0 Å². The summed E-state index contributed by atoms with van der Waals surface area (Å²) in [5.74, 6) is 0.402. The number of nitriles is 1. The van der Waals surface area contributed by atoms with Gasteiger partial charge in [-0.1, -0.05) is 0 Å². The van der Waals surface area contributed by atoms with E-state index in [2.05, 4.69) is 11.1 Å². The van der Waals surface area contributed by atoms with E-state index in [9.17, 15) is 0 Å². The van der Waals surface area contributed by atoms with Gasteiger partial charge in [0.15, 0.2) is 0 Å². The first-order valence-electron chi connectivity index (χ1n) is 5.49. The number of hydrogen-bond donors (Lipinski definition) is 0. The topological polar surface area (TPSA) is 55.1 Å². The lowest BCUT2D eigenvalue weighted by Crippen LogP contribution is -2.26. The highest BCUT2D eigenvalue weighted by molar-refractivity contribution is 5.36. The Bertz CT molecular complexity index is 381. The maximum atomic E-state index is 8.85. The van der Waals surface area contributed by atoms with Crippen molar-refractivity contribution < 1.29 is 9.47 Å². The Morgan fingerprint density at radius 2 is 2.50 bits per heavy atom. The van der Waals surface area contributed by atoms with Crippen molar-refractivity contribution in [2.75, 3.05) is 13.2 Å². The number of aromatic nitrogens is 1. The summed E-state index contributed by atoms with van der Waals surface area (Å²) < 4.78 is 11.0. The molecule has 1 aromatic heterocycles. The molecule has 0 bridgehead atoms. The molecular weight excluding hydrogens is 204 g/mol. The number of rotatable bonds is 3. The van der Waals surface area contributed by atoms with Gasteiger partial charge >= 0.3 is 0 Å². The Labute approximate surface area is 94.8 Å². The Kier molecular flexibility index (Phi) is 3.73. The van der Waals surface area contributed by atoms with Crippen molar-refractivity contribution in [3.63, 3.8) is 0 Å². The second kappa shape index (κ2) is 5.47. The maximum absolute atomic E-state index is 8.85. The molecule has 0 radical (unpaired) electrons. The molecule has 4 heteroatoms. The maximum Gasteiger partial charge on any atom is 0.231 e. The van der Waals surface area contributed by atoms with E-state index >= 15 is 0 Å². The van der Waals surface area contributed by atoms with Gasteiger partial charge < -0.3 is 9.47 Å². The van der Waals surface area contributed by atoms with Gasteiger partial charge in [0.1, 0.15) is 18.2 Å². The molecule has 4 nitrogen and oxygen atoms in total. The van der Waals surface area contributed by atoms with Gasteiger partial charge in [0, 0.05) is 12.8 Å². The van der Waals surface area contributed by atoms with Crippen LogP contribution in [0.2, 0.25) is 0 Å². The quantitative estimate of drug-likeness (QED) is 0.777. The SMILES string of the molecule is N#Cc1cccnc1OCC1CCCCO1. The van der Waals surface area contributed by atoms with E-state index in [1.807, 2.05) is 0 Å². The fourth-order valence-corrected chi connectivity index (χ4v) is 1.70. The minimum absolute atomic E-state index is 0.141. The van der Waals surface area contributed by atoms with Crippen LogP contribution in [0.1, 0.15) is 24.8 Å². The van der Waals surface area contributed by atoms with Crippen LogP contribution in [0.3, 0.4) is 0 Å². The van der Waals surface area contributed by atoms with Crippen molar-refractivity contribution in [3.8, 4) is 11.9 Å². The zero-order valence-corrected chi connectivity index (χ0v) is 9.06. The summed E-state index contributed by atoms with van der Waals surface area (Å²) in [5, 5.41) is 8.85. The molecule has 1 fully saturated rings. The summed E-state index contributed by atoms with van der Waals surface area (Å²) in [4.78, 5) is 4.03. The fraction of sp³-hybridized carbons (Fsp3) is 0.500. The van der Waals surface area contributed by atoms with Gasteiger partial charge in [-0.15, -0.1) is 0 Å². The van der Waals surface area contributed by atoms with E-state index in [0.717, 1.165) is 19.4 Å². The molecule has 1 saturated heterocycles. The van der Waals surface area contributed by atoms with Gasteiger partial charge in [0.25, 0.3) is 0 Å². The van der Waals surface area contributed by atoms with E-state index in [1.165, 1.54) is 6.42 Å². The van der Waals surface area contributed by atoms with E-state index in [-0.39, 0.29) is 6.10 Å². The Balaban J connectivity index is 1.91. The average Bonchev–Trinajstić information content (AvgIpc) is 2.38. The van der Waals surface area contributed by atoms with Crippen LogP contribution in [0.5, 0.6) is 5.88 Å². The first-order valence-corrected chi connectivity index (χ1v) is 5.49. The molecule has 1 atom stereocenters. The first kappa shape index (κ1) is 10.9. The molecule has 1 aliphatic heterocycles. The standard InChI is InChI=1S/C12H14N2O2/c13-8-10-4-3-6-14-12(10)16-9-11-5-1-2-7-15-11/h3-4,6,11H,1-2,5,7,9H2. The third-order valence-corrected chi connectivity index (χ3v) is 2.57. The van der Waals surface area contributed by atoms with Crippen LogP contribution in [-0.4, -0.2) is 24.3 Å². The molecule has 1 unspecified atom stereocenters. The molecule has 1 aromatic rings. The van der Waals surface area contributed by atoms with Crippen molar-refractivity contribution in [3.05, 3.63) is 23.9 Å². The Hall–Kier alpha value is -1.60. The second-order valence-electron chi connectivity index (χ2n) is 3.77. The third-order valence-electron chi connectivity index (χ3n) is 2.57. The summed E-state index contributed by atoms with van der Waals surface area (Å²) in [6, 6.07) is 5.48. The van der Waals surface area contributed by atoms with Crippen LogP contribution in [-0.2, 0) is 4.74 Å². The molecule has 0 amide bonds. The van der Waals surface area contributed by atoms with Gasteiger partial charge in [-0.3, -0.25) is 0 Å². The minimum atomic E-state index is 0.141. The summed E-state index contributed by atoms with van der Waals surface area (Å²) in [5.41, 5.74) is 0.471. The van der Waals surface area contributed by atoms with Gasteiger partial charge in [-0.2, -0.15) is 5.26 Å². The summed E-state index contributed by atoms with van der Waals surface area (Å²) in [7, 11) is 0. The lowest BCUT2D eigenvalue weighted by atomic mass is 10.1. The highest BCUT2D eigenvalue weighted by Gasteiger charge is 2.15. The molecule has 0 aromatic carbocycles. The Morgan fingerprint density at radius 1 is 1.56 bits per heavy atom. The highest BCUT2D eigenvalue weighted by atomic mass is 16.5. The number of nitrogens with zero attached hydrogens (tertiary/aromatic N) is 2. The van der Waals surface area contributed by atoms with E-state index in [4.69, 9.17) is 14.7 Å². The summed E-state index contributed by atoms with van der Waals surface area (Å²) in [6.45, 7) is 1.28. The second-order valence-corrected chi connectivity index (χ2v) is 3.77. The molecular formula is C12H14N2O2. The first-order chi connectivity index (χ1) is 7.90. The molecule has 16 heavy (non-hydrogen) atoms. The summed E-state index contributed by atoms with van der Waals surface area (Å²) >= 11 is 0. The van der Waals surface area contributed by atoms with Crippen LogP contribution in [0, 0.1) is 11.3 Å².